The molecule has 4 atom stereocenters. The molecule has 0 unspecified atom stereocenters. The Hall–Kier alpha value is -0.860. The lowest BCUT2D eigenvalue weighted by Crippen LogP contribution is -2.49. The van der Waals surface area contributed by atoms with Crippen LogP contribution in [-0.2, 0) is 6.42 Å². The minimum absolute atomic E-state index is 0.154. The summed E-state index contributed by atoms with van der Waals surface area (Å²) < 4.78 is 0. The predicted molar refractivity (Wildman–Crippen MR) is 64.2 cm³/mol. The number of hydrogen-bond donors (Lipinski definition) is 2. The number of nitrogens with one attached hydrogen (secondary N) is 1. The summed E-state index contributed by atoms with van der Waals surface area (Å²) in [6, 6.07) is 11.5. The van der Waals surface area contributed by atoms with Gasteiger partial charge in [-0.1, -0.05) is 30.3 Å². The molecule has 0 saturated carbocycles. The van der Waals surface area contributed by atoms with Crippen molar-refractivity contribution in [1.29, 1.82) is 0 Å². The van der Waals surface area contributed by atoms with Crippen LogP contribution in [0.2, 0.25) is 0 Å². The van der Waals surface area contributed by atoms with E-state index in [2.05, 4.69) is 29.6 Å². The Kier molecular flexibility index (Phi) is 2.70. The topological polar surface area (TPSA) is 32.3 Å². The van der Waals surface area contributed by atoms with Gasteiger partial charge in [-0.3, -0.25) is 0 Å². The van der Waals surface area contributed by atoms with E-state index in [4.69, 9.17) is 0 Å². The third kappa shape index (κ3) is 1.87. The van der Waals surface area contributed by atoms with Crippen molar-refractivity contribution < 1.29 is 5.11 Å². The summed E-state index contributed by atoms with van der Waals surface area (Å²) in [5, 5.41) is 13.8. The largest absolute Gasteiger partial charge is 0.391 e. The number of rotatable bonds is 2. The van der Waals surface area contributed by atoms with Crippen molar-refractivity contribution in [2.75, 3.05) is 0 Å². The minimum Gasteiger partial charge on any atom is -0.391 e. The molecule has 2 N–H and O–H groups in total. The Morgan fingerprint density at radius 3 is 2.81 bits per heavy atom. The van der Waals surface area contributed by atoms with Crippen molar-refractivity contribution in [2.24, 2.45) is 5.92 Å². The summed E-state index contributed by atoms with van der Waals surface area (Å²) in [4.78, 5) is 0. The Bertz CT molecular complexity index is 351. The third-order valence-electron chi connectivity index (χ3n) is 4.10. The normalized spacial score (nSPS) is 37.6. The van der Waals surface area contributed by atoms with Crippen LogP contribution in [0.15, 0.2) is 30.3 Å². The highest BCUT2D eigenvalue weighted by Gasteiger charge is 2.40. The molecule has 16 heavy (non-hydrogen) atoms. The SMILES string of the molecule is O[C@@H]1[C@@H](Cc2ccccc2)C[C@@H]2CC[C@H]1N2. The van der Waals surface area contributed by atoms with E-state index in [1.54, 1.807) is 0 Å². The highest BCUT2D eigenvalue weighted by atomic mass is 16.3. The summed E-state index contributed by atoms with van der Waals surface area (Å²) in [5.74, 6) is 0.446. The van der Waals surface area contributed by atoms with Gasteiger partial charge < -0.3 is 10.4 Å². The van der Waals surface area contributed by atoms with Crippen LogP contribution in [0.3, 0.4) is 0 Å². The first-order valence-electron chi connectivity index (χ1n) is 6.31. The first kappa shape index (κ1) is 10.3. The molecule has 0 amide bonds. The van der Waals surface area contributed by atoms with Crippen LogP contribution in [0.5, 0.6) is 0 Å². The lowest BCUT2D eigenvalue weighted by molar-refractivity contribution is 0.0470. The standard InChI is InChI=1S/C14H19NO/c16-14-11(8-10-4-2-1-3-5-10)9-12-6-7-13(14)15-12/h1-5,11-16H,6-9H2/t11-,12-,13+,14+/m0/s1. The zero-order valence-electron chi connectivity index (χ0n) is 9.47. The van der Waals surface area contributed by atoms with Crippen molar-refractivity contribution in [2.45, 2.75) is 43.9 Å². The maximum atomic E-state index is 10.3. The second kappa shape index (κ2) is 4.19. The molecule has 2 heterocycles. The third-order valence-corrected chi connectivity index (χ3v) is 4.10. The average molecular weight is 217 g/mol. The van der Waals surface area contributed by atoms with E-state index >= 15 is 0 Å². The minimum atomic E-state index is -0.154. The summed E-state index contributed by atoms with van der Waals surface area (Å²) in [6.45, 7) is 0. The molecule has 86 valence electrons. The fraction of sp³-hybridized carbons (Fsp3) is 0.571. The van der Waals surface area contributed by atoms with Gasteiger partial charge in [0.25, 0.3) is 0 Å². The van der Waals surface area contributed by atoms with E-state index in [-0.39, 0.29) is 6.10 Å². The van der Waals surface area contributed by atoms with Crippen LogP contribution in [0.1, 0.15) is 24.8 Å². The van der Waals surface area contributed by atoms with Gasteiger partial charge in [-0.05, 0) is 37.2 Å². The number of aliphatic hydroxyl groups excluding tert-OH is 1. The van der Waals surface area contributed by atoms with Crippen molar-refractivity contribution >= 4 is 0 Å². The van der Waals surface area contributed by atoms with Gasteiger partial charge in [-0.2, -0.15) is 0 Å². The quantitative estimate of drug-likeness (QED) is 0.790. The molecule has 0 radical (unpaired) electrons. The molecule has 2 saturated heterocycles. The van der Waals surface area contributed by atoms with E-state index in [9.17, 15) is 5.11 Å². The maximum Gasteiger partial charge on any atom is 0.0725 e. The zero-order chi connectivity index (χ0) is 11.0. The molecular weight excluding hydrogens is 198 g/mol. The monoisotopic (exact) mass is 217 g/mol. The second-order valence-electron chi connectivity index (χ2n) is 5.22. The fourth-order valence-corrected chi connectivity index (χ4v) is 3.26. The Labute approximate surface area is 96.7 Å². The number of fused-ring (bicyclic) bond motifs is 2. The van der Waals surface area contributed by atoms with Gasteiger partial charge in [0, 0.05) is 12.1 Å². The van der Waals surface area contributed by atoms with Gasteiger partial charge in [-0.25, -0.2) is 0 Å². The van der Waals surface area contributed by atoms with Crippen molar-refractivity contribution in [3.05, 3.63) is 35.9 Å². The average Bonchev–Trinajstić information content (AvgIpc) is 2.72. The van der Waals surface area contributed by atoms with E-state index in [0.29, 0.717) is 18.0 Å². The van der Waals surface area contributed by atoms with E-state index < -0.39 is 0 Å². The highest BCUT2D eigenvalue weighted by molar-refractivity contribution is 5.16. The van der Waals surface area contributed by atoms with E-state index in [1.165, 1.54) is 12.0 Å². The molecule has 3 rings (SSSR count). The first-order valence-corrected chi connectivity index (χ1v) is 6.31. The van der Waals surface area contributed by atoms with Gasteiger partial charge in [0.2, 0.25) is 0 Å². The fourth-order valence-electron chi connectivity index (χ4n) is 3.26. The maximum absolute atomic E-state index is 10.3. The van der Waals surface area contributed by atoms with Crippen LogP contribution >= 0.6 is 0 Å². The summed E-state index contributed by atoms with van der Waals surface area (Å²) >= 11 is 0. The van der Waals surface area contributed by atoms with Crippen molar-refractivity contribution in [1.82, 2.24) is 5.32 Å². The second-order valence-corrected chi connectivity index (χ2v) is 5.22. The number of hydrogen-bond acceptors (Lipinski definition) is 2. The lowest BCUT2D eigenvalue weighted by Gasteiger charge is -2.34. The Balaban J connectivity index is 1.71. The van der Waals surface area contributed by atoms with Crippen molar-refractivity contribution in [3.63, 3.8) is 0 Å². The van der Waals surface area contributed by atoms with Crippen LogP contribution in [0.4, 0.5) is 0 Å². The first-order chi connectivity index (χ1) is 7.83. The Morgan fingerprint density at radius 2 is 2.00 bits per heavy atom. The molecule has 1 aromatic rings. The van der Waals surface area contributed by atoms with Crippen molar-refractivity contribution in [3.8, 4) is 0 Å². The molecule has 1 aromatic carbocycles. The van der Waals surface area contributed by atoms with Crippen LogP contribution in [-0.4, -0.2) is 23.3 Å². The molecule has 2 aliphatic heterocycles. The van der Waals surface area contributed by atoms with Gasteiger partial charge in [0.15, 0.2) is 0 Å². The molecule has 2 aliphatic rings. The molecule has 2 nitrogen and oxygen atoms in total. The lowest BCUT2D eigenvalue weighted by atomic mass is 9.84. The molecule has 0 spiro atoms. The molecular formula is C14H19NO. The number of piperidine rings is 1. The van der Waals surface area contributed by atoms with E-state index in [0.717, 1.165) is 19.3 Å². The number of aliphatic hydroxyl groups is 1. The van der Waals surface area contributed by atoms with Crippen LogP contribution < -0.4 is 5.32 Å². The predicted octanol–water partition coefficient (Wildman–Crippen LogP) is 1.73. The van der Waals surface area contributed by atoms with E-state index in [1.807, 2.05) is 6.07 Å². The van der Waals surface area contributed by atoms with Gasteiger partial charge in [-0.15, -0.1) is 0 Å². The molecule has 2 heteroatoms. The summed E-state index contributed by atoms with van der Waals surface area (Å²) in [7, 11) is 0. The summed E-state index contributed by atoms with van der Waals surface area (Å²) in [6.07, 6.45) is 4.40. The molecule has 2 fully saturated rings. The van der Waals surface area contributed by atoms with Crippen LogP contribution in [0, 0.1) is 5.92 Å². The molecule has 0 aromatic heterocycles. The van der Waals surface area contributed by atoms with Crippen LogP contribution in [0.25, 0.3) is 0 Å². The Morgan fingerprint density at radius 1 is 1.19 bits per heavy atom. The molecule has 0 aliphatic carbocycles. The smallest absolute Gasteiger partial charge is 0.0725 e. The zero-order valence-corrected chi connectivity index (χ0v) is 9.47. The summed E-state index contributed by atoms with van der Waals surface area (Å²) in [5.41, 5.74) is 1.35. The molecule has 2 bridgehead atoms. The van der Waals surface area contributed by atoms with Gasteiger partial charge in [0.1, 0.15) is 0 Å². The van der Waals surface area contributed by atoms with Gasteiger partial charge in [0.05, 0.1) is 6.10 Å². The van der Waals surface area contributed by atoms with Gasteiger partial charge >= 0.3 is 0 Å². The highest BCUT2D eigenvalue weighted by Crippen LogP contribution is 2.33. The number of benzene rings is 1.